The quantitative estimate of drug-likeness (QED) is 0.841. The van der Waals surface area contributed by atoms with Crippen LogP contribution in [0.15, 0.2) is 0 Å². The van der Waals surface area contributed by atoms with Gasteiger partial charge in [-0.05, 0) is 13.8 Å². The fourth-order valence-corrected chi connectivity index (χ4v) is 2.87. The third-order valence-corrected chi connectivity index (χ3v) is 4.02. The molecule has 1 aromatic rings. The highest BCUT2D eigenvalue weighted by molar-refractivity contribution is 7.17. The van der Waals surface area contributed by atoms with Crippen LogP contribution in [0.4, 0.5) is 5.13 Å². The monoisotopic (exact) mass is 284 g/mol. The Balaban J connectivity index is 1.86. The number of morpholine rings is 1. The molecule has 106 valence electrons. The van der Waals surface area contributed by atoms with Crippen molar-refractivity contribution in [1.82, 2.24) is 15.2 Å². The minimum absolute atomic E-state index is 0.0903. The molecule has 7 heteroatoms. The van der Waals surface area contributed by atoms with Crippen LogP contribution < -0.4 is 11.1 Å². The van der Waals surface area contributed by atoms with E-state index in [4.69, 9.17) is 10.5 Å². The minimum atomic E-state index is -0.0903. The first-order chi connectivity index (χ1) is 9.06. The van der Waals surface area contributed by atoms with Gasteiger partial charge in [0.25, 0.3) is 5.91 Å². The van der Waals surface area contributed by atoms with E-state index in [1.165, 1.54) is 11.3 Å². The molecule has 19 heavy (non-hydrogen) atoms. The molecule has 2 heterocycles. The zero-order chi connectivity index (χ0) is 13.8. The summed E-state index contributed by atoms with van der Waals surface area (Å²) in [6.07, 6.45) is 0. The van der Waals surface area contributed by atoms with E-state index in [1.54, 1.807) is 6.92 Å². The molecule has 1 aliphatic heterocycles. The van der Waals surface area contributed by atoms with E-state index in [2.05, 4.69) is 15.2 Å². The third kappa shape index (κ3) is 3.89. The predicted molar refractivity (Wildman–Crippen MR) is 75.5 cm³/mol. The Morgan fingerprint density at radius 3 is 2.84 bits per heavy atom. The molecule has 0 saturated carbocycles. The van der Waals surface area contributed by atoms with Crippen molar-refractivity contribution in [3.63, 3.8) is 0 Å². The van der Waals surface area contributed by atoms with Gasteiger partial charge in [-0.15, -0.1) is 0 Å². The van der Waals surface area contributed by atoms with Crippen molar-refractivity contribution in [2.45, 2.75) is 19.9 Å². The number of hydrogen-bond acceptors (Lipinski definition) is 6. The second-order valence-corrected chi connectivity index (χ2v) is 5.78. The first-order valence-electron chi connectivity index (χ1n) is 6.40. The summed E-state index contributed by atoms with van der Waals surface area (Å²) in [5.41, 5.74) is 6.30. The summed E-state index contributed by atoms with van der Waals surface area (Å²) >= 11 is 1.23. The summed E-state index contributed by atoms with van der Waals surface area (Å²) in [5.74, 6) is -0.0903. The fraction of sp³-hybridized carbons (Fsp3) is 0.667. The number of aromatic nitrogens is 1. The Hall–Kier alpha value is -1.18. The van der Waals surface area contributed by atoms with Crippen molar-refractivity contribution in [3.8, 4) is 0 Å². The van der Waals surface area contributed by atoms with Crippen molar-refractivity contribution < 1.29 is 9.53 Å². The molecule has 2 rings (SSSR count). The molecule has 0 aliphatic carbocycles. The van der Waals surface area contributed by atoms with Gasteiger partial charge in [-0.1, -0.05) is 11.3 Å². The average molecular weight is 284 g/mol. The Kier molecular flexibility index (Phi) is 4.73. The van der Waals surface area contributed by atoms with Gasteiger partial charge in [-0.3, -0.25) is 9.69 Å². The number of amides is 1. The Morgan fingerprint density at radius 1 is 1.58 bits per heavy atom. The Labute approximate surface area is 116 Å². The van der Waals surface area contributed by atoms with Crippen LogP contribution in [0.3, 0.4) is 0 Å². The van der Waals surface area contributed by atoms with E-state index in [-0.39, 0.29) is 11.9 Å². The number of anilines is 1. The van der Waals surface area contributed by atoms with Gasteiger partial charge in [0.15, 0.2) is 5.13 Å². The second kappa shape index (κ2) is 6.31. The molecule has 3 N–H and O–H groups in total. The van der Waals surface area contributed by atoms with Gasteiger partial charge in [0.2, 0.25) is 0 Å². The minimum Gasteiger partial charge on any atom is -0.379 e. The molecule has 0 radical (unpaired) electrons. The molecule has 6 nitrogen and oxygen atoms in total. The second-order valence-electron chi connectivity index (χ2n) is 4.75. The number of aryl methyl sites for hydroxylation is 1. The number of ether oxygens (including phenoxy) is 1. The summed E-state index contributed by atoms with van der Waals surface area (Å²) in [6, 6.07) is 0.0910. The van der Waals surface area contributed by atoms with Crippen LogP contribution in [-0.2, 0) is 4.74 Å². The molecular formula is C12H20N4O2S. The highest BCUT2D eigenvalue weighted by atomic mass is 32.1. The summed E-state index contributed by atoms with van der Waals surface area (Å²) in [4.78, 5) is 19.1. The number of nitrogens with one attached hydrogen (secondary N) is 1. The molecular weight excluding hydrogens is 264 g/mol. The van der Waals surface area contributed by atoms with Crippen molar-refractivity contribution in [3.05, 3.63) is 10.6 Å². The summed E-state index contributed by atoms with van der Waals surface area (Å²) in [5, 5.41) is 3.42. The number of carbonyl (C=O) groups excluding carboxylic acids is 1. The topological polar surface area (TPSA) is 80.5 Å². The lowest BCUT2D eigenvalue weighted by Crippen LogP contribution is -2.46. The van der Waals surface area contributed by atoms with Crippen LogP contribution in [0.1, 0.15) is 22.3 Å². The highest BCUT2D eigenvalue weighted by Gasteiger charge is 2.18. The molecule has 1 saturated heterocycles. The molecule has 1 fully saturated rings. The van der Waals surface area contributed by atoms with Crippen molar-refractivity contribution in [2.75, 3.05) is 38.6 Å². The zero-order valence-electron chi connectivity index (χ0n) is 11.3. The van der Waals surface area contributed by atoms with Crippen LogP contribution in [0.5, 0.6) is 0 Å². The maximum Gasteiger partial charge on any atom is 0.263 e. The van der Waals surface area contributed by atoms with Crippen LogP contribution in [0, 0.1) is 6.92 Å². The van der Waals surface area contributed by atoms with E-state index in [0.29, 0.717) is 15.7 Å². The number of rotatable bonds is 4. The number of nitrogens with zero attached hydrogens (tertiary/aromatic N) is 2. The van der Waals surface area contributed by atoms with Gasteiger partial charge in [-0.2, -0.15) is 0 Å². The Morgan fingerprint density at radius 2 is 2.26 bits per heavy atom. The summed E-state index contributed by atoms with van der Waals surface area (Å²) in [7, 11) is 0. The van der Waals surface area contributed by atoms with Gasteiger partial charge < -0.3 is 15.8 Å². The molecule has 0 aromatic carbocycles. The van der Waals surface area contributed by atoms with E-state index in [0.717, 1.165) is 32.8 Å². The fourth-order valence-electron chi connectivity index (χ4n) is 2.13. The van der Waals surface area contributed by atoms with Crippen LogP contribution in [0.2, 0.25) is 0 Å². The van der Waals surface area contributed by atoms with Crippen LogP contribution >= 0.6 is 11.3 Å². The highest BCUT2D eigenvalue weighted by Crippen LogP contribution is 2.19. The van der Waals surface area contributed by atoms with E-state index in [9.17, 15) is 4.79 Å². The number of carbonyl (C=O) groups is 1. The summed E-state index contributed by atoms with van der Waals surface area (Å²) in [6.45, 7) is 8.03. The number of nitrogen functional groups attached to an aromatic ring is 1. The molecule has 1 amide bonds. The normalized spacial score (nSPS) is 18.2. The standard InChI is InChI=1S/C12H20N4O2S/c1-8(7-16-3-5-18-6-4-16)14-11(17)10-9(2)15-12(13)19-10/h8H,3-7H2,1-2H3,(H2,13,15)(H,14,17). The zero-order valence-corrected chi connectivity index (χ0v) is 12.1. The lowest BCUT2D eigenvalue weighted by Gasteiger charge is -2.29. The molecule has 1 unspecified atom stereocenters. The number of hydrogen-bond donors (Lipinski definition) is 2. The first kappa shape index (κ1) is 14.2. The molecule has 0 bridgehead atoms. The van der Waals surface area contributed by atoms with E-state index in [1.807, 2.05) is 6.92 Å². The SMILES string of the molecule is Cc1nc(N)sc1C(=O)NC(C)CN1CCOCC1. The van der Waals surface area contributed by atoms with Crippen molar-refractivity contribution >= 4 is 22.4 Å². The molecule has 1 aromatic heterocycles. The van der Waals surface area contributed by atoms with Gasteiger partial charge >= 0.3 is 0 Å². The van der Waals surface area contributed by atoms with Gasteiger partial charge in [0.1, 0.15) is 4.88 Å². The number of nitrogens with two attached hydrogens (primary N) is 1. The largest absolute Gasteiger partial charge is 0.379 e. The van der Waals surface area contributed by atoms with Gasteiger partial charge in [0, 0.05) is 25.7 Å². The smallest absolute Gasteiger partial charge is 0.263 e. The number of thiazole rings is 1. The molecule has 0 spiro atoms. The van der Waals surface area contributed by atoms with Gasteiger partial charge in [0.05, 0.1) is 18.9 Å². The lowest BCUT2D eigenvalue weighted by molar-refractivity contribution is 0.0342. The average Bonchev–Trinajstić information content (AvgIpc) is 2.69. The predicted octanol–water partition coefficient (Wildman–Crippen LogP) is 0.484. The van der Waals surface area contributed by atoms with Gasteiger partial charge in [-0.25, -0.2) is 4.98 Å². The summed E-state index contributed by atoms with van der Waals surface area (Å²) < 4.78 is 5.30. The van der Waals surface area contributed by atoms with E-state index < -0.39 is 0 Å². The van der Waals surface area contributed by atoms with Crippen molar-refractivity contribution in [1.29, 1.82) is 0 Å². The third-order valence-electron chi connectivity index (χ3n) is 3.03. The lowest BCUT2D eigenvalue weighted by atomic mass is 10.2. The van der Waals surface area contributed by atoms with E-state index >= 15 is 0 Å². The maximum atomic E-state index is 12.1. The van der Waals surface area contributed by atoms with Crippen LogP contribution in [-0.4, -0.2) is 54.7 Å². The first-order valence-corrected chi connectivity index (χ1v) is 7.22. The molecule has 1 atom stereocenters. The molecule has 1 aliphatic rings. The maximum absolute atomic E-state index is 12.1. The Bertz CT molecular complexity index is 443. The van der Waals surface area contributed by atoms with Crippen LogP contribution in [0.25, 0.3) is 0 Å². The van der Waals surface area contributed by atoms with Crippen molar-refractivity contribution in [2.24, 2.45) is 0 Å².